The Hall–Kier alpha value is -1.45. The first-order valence-electron chi connectivity index (χ1n) is 4.31. The van der Waals surface area contributed by atoms with Crippen molar-refractivity contribution in [2.45, 2.75) is 20.4 Å². The van der Waals surface area contributed by atoms with Crippen molar-refractivity contribution in [2.75, 3.05) is 0 Å². The number of aliphatic imine (C=N–C) groups is 1. The van der Waals surface area contributed by atoms with Crippen molar-refractivity contribution in [3.63, 3.8) is 0 Å². The van der Waals surface area contributed by atoms with Crippen molar-refractivity contribution in [3.8, 4) is 0 Å². The zero-order valence-electron chi connectivity index (χ0n) is 7.66. The summed E-state index contributed by atoms with van der Waals surface area (Å²) >= 11 is 0. The van der Waals surface area contributed by atoms with E-state index in [1.165, 1.54) is 6.33 Å². The van der Waals surface area contributed by atoms with Crippen molar-refractivity contribution >= 4 is 5.71 Å². The third kappa shape index (κ3) is 1.18. The molecular formula is C9H11N3O. The van der Waals surface area contributed by atoms with Gasteiger partial charge in [-0.3, -0.25) is 9.79 Å². The molecule has 0 spiro atoms. The molecule has 0 aromatic carbocycles. The third-order valence-electron chi connectivity index (χ3n) is 2.15. The predicted molar refractivity (Wildman–Crippen MR) is 49.9 cm³/mol. The second-order valence-electron chi connectivity index (χ2n) is 3.41. The molecule has 0 fully saturated rings. The van der Waals surface area contributed by atoms with E-state index in [0.717, 1.165) is 11.4 Å². The standard InChI is InChI=1S/C9H11N3O/c1-5(2)7-8-6(3-10-7)9(13)12-4-11-8/h4-5H,3H2,1-2H3,(H,11,12,13). The van der Waals surface area contributed by atoms with E-state index in [9.17, 15) is 4.79 Å². The number of fused-ring (bicyclic) bond motifs is 1. The van der Waals surface area contributed by atoms with Crippen molar-refractivity contribution in [1.29, 1.82) is 0 Å². The van der Waals surface area contributed by atoms with Crippen molar-refractivity contribution in [1.82, 2.24) is 9.97 Å². The first kappa shape index (κ1) is 8.16. The Morgan fingerprint density at radius 2 is 2.31 bits per heavy atom. The molecule has 0 saturated heterocycles. The molecule has 4 heteroatoms. The minimum Gasteiger partial charge on any atom is -0.313 e. The fourth-order valence-corrected chi connectivity index (χ4v) is 1.49. The molecule has 68 valence electrons. The van der Waals surface area contributed by atoms with Crippen LogP contribution in [0.25, 0.3) is 0 Å². The van der Waals surface area contributed by atoms with Gasteiger partial charge in [0.15, 0.2) is 0 Å². The largest absolute Gasteiger partial charge is 0.313 e. The van der Waals surface area contributed by atoms with Gasteiger partial charge in [-0.05, 0) is 5.92 Å². The number of nitrogens with one attached hydrogen (secondary N) is 1. The molecule has 2 rings (SSSR count). The first-order chi connectivity index (χ1) is 6.20. The molecular weight excluding hydrogens is 166 g/mol. The maximum absolute atomic E-state index is 11.3. The normalized spacial score (nSPS) is 14.5. The van der Waals surface area contributed by atoms with Crippen LogP contribution in [0.5, 0.6) is 0 Å². The fourth-order valence-electron chi connectivity index (χ4n) is 1.49. The highest BCUT2D eigenvalue weighted by Gasteiger charge is 2.21. The second-order valence-corrected chi connectivity index (χ2v) is 3.41. The number of hydrogen-bond acceptors (Lipinski definition) is 3. The molecule has 1 aromatic rings. The lowest BCUT2D eigenvalue weighted by Crippen LogP contribution is -2.17. The molecule has 4 nitrogen and oxygen atoms in total. The quantitative estimate of drug-likeness (QED) is 0.687. The topological polar surface area (TPSA) is 58.1 Å². The summed E-state index contributed by atoms with van der Waals surface area (Å²) in [7, 11) is 0. The number of H-pyrrole nitrogens is 1. The maximum Gasteiger partial charge on any atom is 0.256 e. The van der Waals surface area contributed by atoms with E-state index < -0.39 is 0 Å². The summed E-state index contributed by atoms with van der Waals surface area (Å²) in [5, 5.41) is 0. The second kappa shape index (κ2) is 2.80. The Kier molecular flexibility index (Phi) is 1.76. The Balaban J connectivity index is 2.57. The number of aromatic nitrogens is 2. The van der Waals surface area contributed by atoms with E-state index in [-0.39, 0.29) is 5.56 Å². The fraction of sp³-hybridized carbons (Fsp3) is 0.444. The highest BCUT2D eigenvalue weighted by molar-refractivity contribution is 6.03. The van der Waals surface area contributed by atoms with Crippen molar-refractivity contribution < 1.29 is 0 Å². The lowest BCUT2D eigenvalue weighted by atomic mass is 10.0. The molecule has 0 unspecified atom stereocenters. The van der Waals surface area contributed by atoms with Gasteiger partial charge in [-0.15, -0.1) is 0 Å². The molecule has 1 aliphatic rings. The summed E-state index contributed by atoms with van der Waals surface area (Å²) in [6.07, 6.45) is 1.43. The van der Waals surface area contributed by atoms with Gasteiger partial charge in [0, 0.05) is 0 Å². The molecule has 0 atom stereocenters. The van der Waals surface area contributed by atoms with E-state index in [1.54, 1.807) is 0 Å². The van der Waals surface area contributed by atoms with Crippen molar-refractivity contribution in [2.24, 2.45) is 10.9 Å². The van der Waals surface area contributed by atoms with Crippen LogP contribution < -0.4 is 5.56 Å². The van der Waals surface area contributed by atoms with E-state index in [2.05, 4.69) is 28.8 Å². The van der Waals surface area contributed by atoms with Gasteiger partial charge in [0.05, 0.1) is 29.8 Å². The van der Waals surface area contributed by atoms with Crippen LogP contribution >= 0.6 is 0 Å². The predicted octanol–water partition coefficient (Wildman–Crippen LogP) is 0.729. The van der Waals surface area contributed by atoms with Crippen LogP contribution in [0.15, 0.2) is 16.1 Å². The summed E-state index contributed by atoms with van der Waals surface area (Å²) in [5.74, 6) is 0.329. The summed E-state index contributed by atoms with van der Waals surface area (Å²) in [6.45, 7) is 4.58. The molecule has 2 heterocycles. The highest BCUT2D eigenvalue weighted by Crippen LogP contribution is 2.16. The Labute approximate surface area is 75.7 Å². The van der Waals surface area contributed by atoms with Gasteiger partial charge in [0.2, 0.25) is 0 Å². The van der Waals surface area contributed by atoms with Gasteiger partial charge < -0.3 is 4.98 Å². The van der Waals surface area contributed by atoms with Gasteiger partial charge in [-0.2, -0.15) is 0 Å². The lowest BCUT2D eigenvalue weighted by molar-refractivity contribution is 0.878. The number of aromatic amines is 1. The maximum atomic E-state index is 11.3. The Morgan fingerprint density at radius 3 is 3.00 bits per heavy atom. The average molecular weight is 177 g/mol. The summed E-state index contributed by atoms with van der Waals surface area (Å²) < 4.78 is 0. The molecule has 0 saturated carbocycles. The smallest absolute Gasteiger partial charge is 0.256 e. The Morgan fingerprint density at radius 1 is 1.54 bits per heavy atom. The molecule has 1 aromatic heterocycles. The lowest BCUT2D eigenvalue weighted by Gasteiger charge is -2.03. The summed E-state index contributed by atoms with van der Waals surface area (Å²) in [5.41, 5.74) is 2.36. The average Bonchev–Trinajstić information content (AvgIpc) is 2.48. The number of hydrogen-bond donors (Lipinski definition) is 1. The van der Waals surface area contributed by atoms with Crippen LogP contribution in [0, 0.1) is 5.92 Å². The van der Waals surface area contributed by atoms with Gasteiger partial charge in [-0.25, -0.2) is 4.98 Å². The van der Waals surface area contributed by atoms with Gasteiger partial charge in [0.1, 0.15) is 0 Å². The van der Waals surface area contributed by atoms with Gasteiger partial charge in [-0.1, -0.05) is 13.8 Å². The molecule has 0 aliphatic carbocycles. The van der Waals surface area contributed by atoms with E-state index in [4.69, 9.17) is 0 Å². The summed E-state index contributed by atoms with van der Waals surface area (Å²) in [6, 6.07) is 0. The molecule has 1 aliphatic heterocycles. The minimum absolute atomic E-state index is 0.0654. The van der Waals surface area contributed by atoms with Crippen LogP contribution in [0.3, 0.4) is 0 Å². The van der Waals surface area contributed by atoms with E-state index in [1.807, 2.05) is 0 Å². The van der Waals surface area contributed by atoms with E-state index in [0.29, 0.717) is 18.0 Å². The van der Waals surface area contributed by atoms with Crippen LogP contribution in [0.4, 0.5) is 0 Å². The van der Waals surface area contributed by atoms with Crippen LogP contribution in [0.1, 0.15) is 25.1 Å². The third-order valence-corrected chi connectivity index (χ3v) is 2.15. The van der Waals surface area contributed by atoms with Gasteiger partial charge in [0.25, 0.3) is 5.56 Å². The molecule has 0 amide bonds. The van der Waals surface area contributed by atoms with Crippen molar-refractivity contribution in [3.05, 3.63) is 27.9 Å². The zero-order chi connectivity index (χ0) is 9.42. The number of nitrogens with zero attached hydrogens (tertiary/aromatic N) is 2. The van der Waals surface area contributed by atoms with E-state index >= 15 is 0 Å². The molecule has 0 bridgehead atoms. The SMILES string of the molecule is CC(C)C1=NCc2c1nc[nH]c2=O. The van der Waals surface area contributed by atoms with Crippen LogP contribution in [0.2, 0.25) is 0 Å². The monoisotopic (exact) mass is 177 g/mol. The molecule has 0 radical (unpaired) electrons. The highest BCUT2D eigenvalue weighted by atomic mass is 16.1. The number of rotatable bonds is 1. The summed E-state index contributed by atoms with van der Waals surface area (Å²) in [4.78, 5) is 22.3. The van der Waals surface area contributed by atoms with Crippen LogP contribution in [-0.2, 0) is 6.54 Å². The first-order valence-corrected chi connectivity index (χ1v) is 4.31. The Bertz CT molecular complexity index is 417. The zero-order valence-corrected chi connectivity index (χ0v) is 7.66. The molecule has 13 heavy (non-hydrogen) atoms. The minimum atomic E-state index is -0.0654. The molecule has 1 N–H and O–H groups in total. The van der Waals surface area contributed by atoms with Gasteiger partial charge >= 0.3 is 0 Å². The van der Waals surface area contributed by atoms with Crippen LogP contribution in [-0.4, -0.2) is 15.7 Å².